The van der Waals surface area contributed by atoms with Crippen LogP contribution in [0.3, 0.4) is 0 Å². The van der Waals surface area contributed by atoms with E-state index < -0.39 is 6.10 Å². The molecular formula is C18H29NO2. The van der Waals surface area contributed by atoms with Gasteiger partial charge in [-0.25, -0.2) is 0 Å². The fourth-order valence-electron chi connectivity index (χ4n) is 3.34. The summed E-state index contributed by atoms with van der Waals surface area (Å²) in [6.07, 6.45) is 0.869. The van der Waals surface area contributed by atoms with Crippen molar-refractivity contribution in [2.75, 3.05) is 26.2 Å². The standard InChI is InChI=1S/C18H29NO2/c1-13-5-6-16(4)18(8-13)21-12-17(20)11-19-9-14(2)7-15(3)10-19/h5-6,8,14-15,17,20H,7,9-12H2,1-4H3/t14-,15-,17-/m1/s1. The molecule has 0 bridgehead atoms. The van der Waals surface area contributed by atoms with Gasteiger partial charge in [0, 0.05) is 19.6 Å². The molecule has 0 spiro atoms. The van der Waals surface area contributed by atoms with Crippen molar-refractivity contribution in [2.45, 2.75) is 40.2 Å². The molecule has 2 rings (SSSR count). The number of piperidine rings is 1. The first-order valence-corrected chi connectivity index (χ1v) is 8.04. The van der Waals surface area contributed by atoms with Crippen LogP contribution in [0.5, 0.6) is 5.75 Å². The molecule has 1 N–H and O–H groups in total. The second kappa shape index (κ2) is 7.28. The van der Waals surface area contributed by atoms with E-state index in [1.807, 2.05) is 13.0 Å². The van der Waals surface area contributed by atoms with Crippen molar-refractivity contribution in [3.05, 3.63) is 29.3 Å². The maximum Gasteiger partial charge on any atom is 0.122 e. The highest BCUT2D eigenvalue weighted by atomic mass is 16.5. The van der Waals surface area contributed by atoms with Crippen molar-refractivity contribution in [3.63, 3.8) is 0 Å². The first-order chi connectivity index (χ1) is 9.94. The zero-order valence-corrected chi connectivity index (χ0v) is 13.8. The predicted molar refractivity (Wildman–Crippen MR) is 86.8 cm³/mol. The molecule has 1 aromatic carbocycles. The van der Waals surface area contributed by atoms with Gasteiger partial charge < -0.3 is 14.7 Å². The average Bonchev–Trinajstić information content (AvgIpc) is 2.38. The molecule has 0 unspecified atom stereocenters. The molecule has 1 saturated heterocycles. The molecule has 0 radical (unpaired) electrons. The van der Waals surface area contributed by atoms with Crippen LogP contribution in [-0.4, -0.2) is 42.4 Å². The minimum Gasteiger partial charge on any atom is -0.491 e. The largest absolute Gasteiger partial charge is 0.491 e. The number of hydrogen-bond acceptors (Lipinski definition) is 3. The van der Waals surface area contributed by atoms with Gasteiger partial charge in [-0.05, 0) is 49.3 Å². The third-order valence-electron chi connectivity index (χ3n) is 4.19. The van der Waals surface area contributed by atoms with Crippen molar-refractivity contribution in [1.82, 2.24) is 4.90 Å². The number of hydrogen-bond donors (Lipinski definition) is 1. The van der Waals surface area contributed by atoms with E-state index in [0.29, 0.717) is 13.2 Å². The van der Waals surface area contributed by atoms with Crippen LogP contribution in [-0.2, 0) is 0 Å². The van der Waals surface area contributed by atoms with E-state index in [1.54, 1.807) is 0 Å². The van der Waals surface area contributed by atoms with Crippen LogP contribution in [0.25, 0.3) is 0 Å². The number of likely N-dealkylation sites (tertiary alicyclic amines) is 1. The summed E-state index contributed by atoms with van der Waals surface area (Å²) in [7, 11) is 0. The van der Waals surface area contributed by atoms with E-state index in [-0.39, 0.29) is 0 Å². The number of aliphatic hydroxyl groups is 1. The van der Waals surface area contributed by atoms with E-state index in [4.69, 9.17) is 4.74 Å². The lowest BCUT2D eigenvalue weighted by Crippen LogP contribution is -2.44. The lowest BCUT2D eigenvalue weighted by atomic mass is 9.92. The number of nitrogens with zero attached hydrogens (tertiary/aromatic N) is 1. The Hall–Kier alpha value is -1.06. The predicted octanol–water partition coefficient (Wildman–Crippen LogP) is 3.02. The molecule has 1 fully saturated rings. The van der Waals surface area contributed by atoms with Crippen molar-refractivity contribution in [2.24, 2.45) is 11.8 Å². The van der Waals surface area contributed by atoms with Gasteiger partial charge in [-0.3, -0.25) is 0 Å². The highest BCUT2D eigenvalue weighted by molar-refractivity contribution is 5.35. The van der Waals surface area contributed by atoms with Crippen LogP contribution in [0.2, 0.25) is 0 Å². The molecule has 1 heterocycles. The first-order valence-electron chi connectivity index (χ1n) is 8.04. The molecule has 1 aliphatic heterocycles. The first kappa shape index (κ1) is 16.3. The van der Waals surface area contributed by atoms with Crippen molar-refractivity contribution in [1.29, 1.82) is 0 Å². The molecule has 0 aliphatic carbocycles. The quantitative estimate of drug-likeness (QED) is 0.905. The van der Waals surface area contributed by atoms with Crippen molar-refractivity contribution in [3.8, 4) is 5.75 Å². The Bertz CT molecular complexity index is 451. The smallest absolute Gasteiger partial charge is 0.122 e. The summed E-state index contributed by atoms with van der Waals surface area (Å²) < 4.78 is 5.80. The zero-order chi connectivity index (χ0) is 15.4. The van der Waals surface area contributed by atoms with Gasteiger partial charge in [0.15, 0.2) is 0 Å². The van der Waals surface area contributed by atoms with Crippen LogP contribution in [0, 0.1) is 25.7 Å². The van der Waals surface area contributed by atoms with Gasteiger partial charge in [0.25, 0.3) is 0 Å². The average molecular weight is 291 g/mol. The fraction of sp³-hybridized carbons (Fsp3) is 0.667. The van der Waals surface area contributed by atoms with Crippen LogP contribution >= 0.6 is 0 Å². The SMILES string of the molecule is Cc1ccc(C)c(OC[C@H](O)CN2C[C@H](C)C[C@@H](C)C2)c1. The van der Waals surface area contributed by atoms with Gasteiger partial charge in [-0.2, -0.15) is 0 Å². The van der Waals surface area contributed by atoms with Gasteiger partial charge in [-0.1, -0.05) is 26.0 Å². The lowest BCUT2D eigenvalue weighted by Gasteiger charge is -2.35. The summed E-state index contributed by atoms with van der Waals surface area (Å²) in [5.74, 6) is 2.33. The number of ether oxygens (including phenoxy) is 1. The number of rotatable bonds is 5. The topological polar surface area (TPSA) is 32.7 Å². The zero-order valence-electron chi connectivity index (χ0n) is 13.8. The van der Waals surface area contributed by atoms with E-state index in [9.17, 15) is 5.11 Å². The van der Waals surface area contributed by atoms with Crippen molar-refractivity contribution >= 4 is 0 Å². The molecule has 1 aliphatic rings. The van der Waals surface area contributed by atoms with Gasteiger partial charge in [0.1, 0.15) is 18.5 Å². The highest BCUT2D eigenvalue weighted by Crippen LogP contribution is 2.22. The Balaban J connectivity index is 1.81. The Labute approximate surface area is 128 Å². The summed E-state index contributed by atoms with van der Waals surface area (Å²) >= 11 is 0. The van der Waals surface area contributed by atoms with E-state index >= 15 is 0 Å². The molecule has 3 atom stereocenters. The summed E-state index contributed by atoms with van der Waals surface area (Å²) in [6, 6.07) is 6.17. The second-order valence-electron chi connectivity index (χ2n) is 6.90. The molecule has 1 aromatic rings. The minimum atomic E-state index is -0.428. The molecule has 118 valence electrons. The second-order valence-corrected chi connectivity index (χ2v) is 6.90. The fourth-order valence-corrected chi connectivity index (χ4v) is 3.34. The summed E-state index contributed by atoms with van der Waals surface area (Å²) in [5, 5.41) is 10.2. The molecule has 3 nitrogen and oxygen atoms in total. The molecule has 3 heteroatoms. The summed E-state index contributed by atoms with van der Waals surface area (Å²) in [6.45, 7) is 11.9. The molecular weight excluding hydrogens is 262 g/mol. The van der Waals surface area contributed by atoms with E-state index in [0.717, 1.165) is 36.2 Å². The number of benzene rings is 1. The molecule has 0 aromatic heterocycles. The Morgan fingerprint density at radius 3 is 2.57 bits per heavy atom. The third kappa shape index (κ3) is 5.01. The Kier molecular flexibility index (Phi) is 5.65. The molecule has 0 saturated carbocycles. The molecule has 0 amide bonds. The summed E-state index contributed by atoms with van der Waals surface area (Å²) in [5.41, 5.74) is 2.30. The lowest BCUT2D eigenvalue weighted by molar-refractivity contribution is 0.0427. The van der Waals surface area contributed by atoms with E-state index in [1.165, 1.54) is 12.0 Å². The maximum absolute atomic E-state index is 10.2. The van der Waals surface area contributed by atoms with Gasteiger partial charge in [0.05, 0.1) is 0 Å². The van der Waals surface area contributed by atoms with E-state index in [2.05, 4.69) is 37.8 Å². The van der Waals surface area contributed by atoms with Crippen LogP contribution < -0.4 is 4.74 Å². The maximum atomic E-state index is 10.2. The highest BCUT2D eigenvalue weighted by Gasteiger charge is 2.23. The van der Waals surface area contributed by atoms with Crippen molar-refractivity contribution < 1.29 is 9.84 Å². The Morgan fingerprint density at radius 1 is 1.24 bits per heavy atom. The molecule has 21 heavy (non-hydrogen) atoms. The number of aliphatic hydroxyl groups excluding tert-OH is 1. The van der Waals surface area contributed by atoms with Crippen LogP contribution in [0.1, 0.15) is 31.4 Å². The minimum absolute atomic E-state index is 0.365. The Morgan fingerprint density at radius 2 is 1.90 bits per heavy atom. The normalized spacial score (nSPS) is 24.8. The van der Waals surface area contributed by atoms with Crippen LogP contribution in [0.4, 0.5) is 0 Å². The third-order valence-corrected chi connectivity index (χ3v) is 4.19. The van der Waals surface area contributed by atoms with Gasteiger partial charge in [0.2, 0.25) is 0 Å². The van der Waals surface area contributed by atoms with Gasteiger partial charge in [-0.15, -0.1) is 0 Å². The number of aryl methyl sites for hydroxylation is 2. The van der Waals surface area contributed by atoms with Gasteiger partial charge >= 0.3 is 0 Å². The van der Waals surface area contributed by atoms with Crippen LogP contribution in [0.15, 0.2) is 18.2 Å². The number of β-amino-alcohol motifs (C(OH)–C–C–N with tert-alkyl or cyclic N) is 1. The summed E-state index contributed by atoms with van der Waals surface area (Å²) in [4.78, 5) is 2.37. The monoisotopic (exact) mass is 291 g/mol.